The van der Waals surface area contributed by atoms with Gasteiger partial charge in [-0.1, -0.05) is 5.16 Å². The number of primary amides is 1. The number of aliphatic imine (C=N–C) groups is 1. The zero-order valence-corrected chi connectivity index (χ0v) is 16.2. The van der Waals surface area contributed by atoms with Crippen molar-refractivity contribution in [2.75, 3.05) is 13.1 Å². The van der Waals surface area contributed by atoms with E-state index in [1.165, 1.54) is 20.9 Å². The third-order valence-electron chi connectivity index (χ3n) is 5.48. The predicted molar refractivity (Wildman–Crippen MR) is 103 cm³/mol. The van der Waals surface area contributed by atoms with Crippen molar-refractivity contribution in [3.05, 3.63) is 27.5 Å². The summed E-state index contributed by atoms with van der Waals surface area (Å²) in [7, 11) is 0. The van der Waals surface area contributed by atoms with Crippen LogP contribution in [0.2, 0.25) is 0 Å². The molecule has 138 valence electrons. The molecule has 0 saturated carbocycles. The molecule has 1 fully saturated rings. The average Bonchev–Trinajstić information content (AvgIpc) is 3.08. The SMILES string of the molecule is Cc1noc2c1-c1sc(C)c(C)c1C(C1CCNCC1)=N[C@H]2CC(N)=O. The lowest BCUT2D eigenvalue weighted by molar-refractivity contribution is -0.118. The topological polar surface area (TPSA) is 93.5 Å². The summed E-state index contributed by atoms with van der Waals surface area (Å²) < 4.78 is 5.65. The van der Waals surface area contributed by atoms with Crippen molar-refractivity contribution in [1.82, 2.24) is 10.5 Å². The third kappa shape index (κ3) is 2.79. The third-order valence-corrected chi connectivity index (χ3v) is 6.70. The molecule has 2 aliphatic rings. The lowest BCUT2D eigenvalue weighted by Crippen LogP contribution is -2.32. The molecule has 0 radical (unpaired) electrons. The Labute approximate surface area is 156 Å². The van der Waals surface area contributed by atoms with E-state index in [4.69, 9.17) is 15.2 Å². The van der Waals surface area contributed by atoms with Gasteiger partial charge in [-0.2, -0.15) is 0 Å². The van der Waals surface area contributed by atoms with E-state index in [0.29, 0.717) is 11.7 Å². The molecular formula is C19H24N4O2S. The number of thiophene rings is 1. The Morgan fingerprint density at radius 2 is 2.00 bits per heavy atom. The van der Waals surface area contributed by atoms with Crippen LogP contribution in [0.1, 0.15) is 52.8 Å². The minimum atomic E-state index is -0.395. The van der Waals surface area contributed by atoms with Gasteiger partial charge in [0.2, 0.25) is 5.91 Å². The zero-order valence-electron chi connectivity index (χ0n) is 15.4. The van der Waals surface area contributed by atoms with E-state index in [1.54, 1.807) is 11.3 Å². The fourth-order valence-corrected chi connectivity index (χ4v) is 5.30. The minimum Gasteiger partial charge on any atom is -0.370 e. The second kappa shape index (κ2) is 6.63. The van der Waals surface area contributed by atoms with Crippen molar-refractivity contribution < 1.29 is 9.32 Å². The maximum absolute atomic E-state index is 11.7. The largest absolute Gasteiger partial charge is 0.370 e. The number of carbonyl (C=O) groups excluding carboxylic acids is 1. The number of fused-ring (bicyclic) bond motifs is 3. The molecule has 1 amide bonds. The molecule has 1 saturated heterocycles. The van der Waals surface area contributed by atoms with Crippen molar-refractivity contribution in [2.24, 2.45) is 16.6 Å². The van der Waals surface area contributed by atoms with E-state index >= 15 is 0 Å². The normalized spacial score (nSPS) is 20.3. The van der Waals surface area contributed by atoms with E-state index in [9.17, 15) is 4.79 Å². The van der Waals surface area contributed by atoms with Gasteiger partial charge in [0, 0.05) is 26.9 Å². The predicted octanol–water partition coefficient (Wildman–Crippen LogP) is 3.05. The number of rotatable bonds is 3. The van der Waals surface area contributed by atoms with Crippen molar-refractivity contribution in [3.63, 3.8) is 0 Å². The van der Waals surface area contributed by atoms with Crippen LogP contribution in [0.3, 0.4) is 0 Å². The van der Waals surface area contributed by atoms with Crippen LogP contribution in [0.15, 0.2) is 9.52 Å². The van der Waals surface area contributed by atoms with Gasteiger partial charge in [-0.25, -0.2) is 0 Å². The maximum Gasteiger partial charge on any atom is 0.220 e. The van der Waals surface area contributed by atoms with Gasteiger partial charge >= 0.3 is 0 Å². The maximum atomic E-state index is 11.7. The van der Waals surface area contributed by atoms with E-state index in [0.717, 1.165) is 42.9 Å². The van der Waals surface area contributed by atoms with Crippen LogP contribution in [0, 0.1) is 26.7 Å². The molecule has 2 aromatic heterocycles. The lowest BCUT2D eigenvalue weighted by Gasteiger charge is -2.25. The van der Waals surface area contributed by atoms with Gasteiger partial charge in [0.1, 0.15) is 6.04 Å². The van der Waals surface area contributed by atoms with Crippen LogP contribution in [0.5, 0.6) is 0 Å². The second-order valence-corrected chi connectivity index (χ2v) is 8.44. The fourth-order valence-electron chi connectivity index (χ4n) is 4.03. The first-order valence-electron chi connectivity index (χ1n) is 9.11. The first-order valence-corrected chi connectivity index (χ1v) is 9.92. The molecule has 4 heterocycles. The standard InChI is InChI=1S/C19H24N4O2S/c1-9-11(3)26-19-15(9)17(12-4-6-21-7-5-12)22-13(8-14(20)24)18-16(19)10(2)23-25-18/h12-13,21H,4-8H2,1-3H3,(H2,20,24)/t13-/m0/s1. The summed E-state index contributed by atoms with van der Waals surface area (Å²) in [4.78, 5) is 19.2. The molecular weight excluding hydrogens is 348 g/mol. The van der Waals surface area contributed by atoms with Gasteiger partial charge in [0.05, 0.1) is 17.7 Å². The van der Waals surface area contributed by atoms with Crippen LogP contribution in [0.4, 0.5) is 0 Å². The molecule has 2 aliphatic heterocycles. The first kappa shape index (κ1) is 17.4. The second-order valence-electron chi connectivity index (χ2n) is 7.22. The van der Waals surface area contributed by atoms with E-state index in [-0.39, 0.29) is 12.3 Å². The van der Waals surface area contributed by atoms with Crippen LogP contribution in [-0.4, -0.2) is 29.9 Å². The summed E-state index contributed by atoms with van der Waals surface area (Å²) in [5.41, 5.74) is 11.0. The number of nitrogens with two attached hydrogens (primary N) is 1. The van der Waals surface area contributed by atoms with Gasteiger partial charge in [0.15, 0.2) is 5.76 Å². The molecule has 0 unspecified atom stereocenters. The lowest BCUT2D eigenvalue weighted by atomic mass is 9.86. The number of aryl methyl sites for hydroxylation is 2. The summed E-state index contributed by atoms with van der Waals surface area (Å²) >= 11 is 1.77. The number of carbonyl (C=O) groups is 1. The highest BCUT2D eigenvalue weighted by Gasteiger charge is 2.35. The highest BCUT2D eigenvalue weighted by molar-refractivity contribution is 7.16. The molecule has 26 heavy (non-hydrogen) atoms. The van der Waals surface area contributed by atoms with E-state index < -0.39 is 6.04 Å². The number of nitrogens with zero attached hydrogens (tertiary/aromatic N) is 2. The number of aromatic nitrogens is 1. The Balaban J connectivity index is 1.95. The first-order chi connectivity index (χ1) is 12.5. The number of hydrogen-bond acceptors (Lipinski definition) is 6. The Morgan fingerprint density at radius 1 is 1.27 bits per heavy atom. The molecule has 3 N–H and O–H groups in total. The number of hydrogen-bond donors (Lipinski definition) is 2. The monoisotopic (exact) mass is 372 g/mol. The zero-order chi connectivity index (χ0) is 18.4. The Kier molecular flexibility index (Phi) is 4.44. The minimum absolute atomic E-state index is 0.142. The van der Waals surface area contributed by atoms with Crippen molar-refractivity contribution >= 4 is 23.0 Å². The van der Waals surface area contributed by atoms with Crippen LogP contribution in [0.25, 0.3) is 10.4 Å². The molecule has 0 aromatic carbocycles. The van der Waals surface area contributed by atoms with Crippen LogP contribution >= 0.6 is 11.3 Å². The Morgan fingerprint density at radius 3 is 2.69 bits per heavy atom. The average molecular weight is 372 g/mol. The number of amides is 1. The molecule has 6 nitrogen and oxygen atoms in total. The quantitative estimate of drug-likeness (QED) is 0.866. The highest BCUT2D eigenvalue weighted by Crippen LogP contribution is 2.46. The fraction of sp³-hybridized carbons (Fsp3) is 0.526. The highest BCUT2D eigenvalue weighted by atomic mass is 32.1. The van der Waals surface area contributed by atoms with Gasteiger partial charge < -0.3 is 15.6 Å². The molecule has 2 aromatic rings. The molecule has 0 aliphatic carbocycles. The van der Waals surface area contributed by atoms with E-state index in [2.05, 4.69) is 24.3 Å². The van der Waals surface area contributed by atoms with Gasteiger partial charge in [0.25, 0.3) is 0 Å². The van der Waals surface area contributed by atoms with Crippen molar-refractivity contribution in [1.29, 1.82) is 0 Å². The van der Waals surface area contributed by atoms with Gasteiger partial charge in [-0.05, 0) is 52.3 Å². The van der Waals surface area contributed by atoms with E-state index in [1.807, 2.05) is 6.92 Å². The molecule has 1 atom stereocenters. The number of piperidine rings is 1. The summed E-state index contributed by atoms with van der Waals surface area (Å²) in [6.07, 6.45) is 2.24. The van der Waals surface area contributed by atoms with Crippen LogP contribution in [-0.2, 0) is 4.79 Å². The molecule has 0 spiro atoms. The summed E-state index contributed by atoms with van der Waals surface area (Å²) in [5.74, 6) is 0.685. The van der Waals surface area contributed by atoms with Crippen molar-refractivity contribution in [2.45, 2.75) is 46.1 Å². The van der Waals surface area contributed by atoms with Gasteiger partial charge in [-0.3, -0.25) is 9.79 Å². The molecule has 4 rings (SSSR count). The Bertz CT molecular complexity index is 890. The molecule has 0 bridgehead atoms. The number of nitrogens with one attached hydrogen (secondary N) is 1. The van der Waals surface area contributed by atoms with Crippen LogP contribution < -0.4 is 11.1 Å². The summed E-state index contributed by atoms with van der Waals surface area (Å²) in [5, 5.41) is 7.60. The summed E-state index contributed by atoms with van der Waals surface area (Å²) in [6.45, 7) is 8.25. The summed E-state index contributed by atoms with van der Waals surface area (Å²) in [6, 6.07) is -0.395. The van der Waals surface area contributed by atoms with Gasteiger partial charge in [-0.15, -0.1) is 11.3 Å². The molecule has 7 heteroatoms. The Hall–Kier alpha value is -1.99. The smallest absolute Gasteiger partial charge is 0.220 e. The van der Waals surface area contributed by atoms with Crippen molar-refractivity contribution in [3.8, 4) is 10.4 Å².